The Morgan fingerprint density at radius 1 is 1.31 bits per heavy atom. The van der Waals surface area contributed by atoms with E-state index in [1.165, 1.54) is 0 Å². The van der Waals surface area contributed by atoms with Crippen LogP contribution in [0.15, 0.2) is 18.6 Å². The lowest BCUT2D eigenvalue weighted by atomic mass is 9.83. The molecule has 2 unspecified atom stereocenters. The molecule has 90 valence electrons. The molecule has 3 nitrogen and oxygen atoms in total. The molecular weight excluding hydrogens is 200 g/mol. The summed E-state index contributed by atoms with van der Waals surface area (Å²) >= 11 is 0. The highest BCUT2D eigenvalue weighted by atomic mass is 16.3. The molecule has 16 heavy (non-hydrogen) atoms. The second-order valence-electron chi connectivity index (χ2n) is 5.75. The van der Waals surface area contributed by atoms with Crippen LogP contribution in [-0.4, -0.2) is 15.1 Å². The molecule has 0 bridgehead atoms. The highest BCUT2D eigenvalue weighted by molar-refractivity contribution is 4.99. The minimum absolute atomic E-state index is 0.307. The van der Waals surface area contributed by atoms with Gasteiger partial charge in [0.2, 0.25) is 0 Å². The Morgan fingerprint density at radius 3 is 2.50 bits per heavy atom. The number of hydrogen-bond acceptors (Lipinski definition) is 3. The summed E-state index contributed by atoms with van der Waals surface area (Å²) in [7, 11) is 0. The van der Waals surface area contributed by atoms with Gasteiger partial charge >= 0.3 is 0 Å². The van der Waals surface area contributed by atoms with Crippen molar-refractivity contribution in [3.05, 3.63) is 24.3 Å². The molecule has 3 heteroatoms. The largest absolute Gasteiger partial charge is 0.387 e. The van der Waals surface area contributed by atoms with Gasteiger partial charge in [-0.1, -0.05) is 27.7 Å². The van der Waals surface area contributed by atoms with Crippen LogP contribution in [0.4, 0.5) is 0 Å². The van der Waals surface area contributed by atoms with Crippen molar-refractivity contribution in [2.75, 3.05) is 0 Å². The van der Waals surface area contributed by atoms with Gasteiger partial charge in [0.15, 0.2) is 0 Å². The second kappa shape index (κ2) is 5.39. The topological polar surface area (TPSA) is 46.0 Å². The molecule has 0 aliphatic heterocycles. The third-order valence-corrected chi connectivity index (χ3v) is 2.51. The highest BCUT2D eigenvalue weighted by Gasteiger charge is 2.19. The highest BCUT2D eigenvalue weighted by Crippen LogP contribution is 2.29. The second-order valence-corrected chi connectivity index (χ2v) is 5.75. The molecule has 0 fully saturated rings. The van der Waals surface area contributed by atoms with Gasteiger partial charge in [0.05, 0.1) is 18.0 Å². The van der Waals surface area contributed by atoms with Crippen LogP contribution in [0.2, 0.25) is 0 Å². The van der Waals surface area contributed by atoms with Crippen LogP contribution in [0.25, 0.3) is 0 Å². The maximum Gasteiger partial charge on any atom is 0.0977 e. The van der Waals surface area contributed by atoms with Crippen LogP contribution >= 0.6 is 0 Å². The third kappa shape index (κ3) is 4.71. The number of aliphatic hydroxyl groups excluding tert-OH is 1. The molecule has 1 aromatic rings. The van der Waals surface area contributed by atoms with E-state index in [0.29, 0.717) is 17.0 Å². The lowest BCUT2D eigenvalue weighted by molar-refractivity contribution is 0.130. The Bertz CT molecular complexity index is 305. The Hall–Kier alpha value is -0.960. The Balaban J connectivity index is 2.49. The van der Waals surface area contributed by atoms with Gasteiger partial charge in [-0.25, -0.2) is 0 Å². The predicted octanol–water partition coefficient (Wildman–Crippen LogP) is 2.97. The van der Waals surface area contributed by atoms with Gasteiger partial charge < -0.3 is 5.11 Å². The minimum Gasteiger partial charge on any atom is -0.387 e. The molecule has 0 saturated carbocycles. The maximum absolute atomic E-state index is 9.99. The van der Waals surface area contributed by atoms with Gasteiger partial charge in [-0.15, -0.1) is 0 Å². The first-order chi connectivity index (χ1) is 7.38. The molecule has 1 N–H and O–H groups in total. The van der Waals surface area contributed by atoms with Crippen molar-refractivity contribution in [3.63, 3.8) is 0 Å². The van der Waals surface area contributed by atoms with E-state index in [1.807, 2.05) is 0 Å². The number of rotatable bonds is 4. The molecule has 1 aromatic heterocycles. The van der Waals surface area contributed by atoms with Crippen molar-refractivity contribution < 1.29 is 5.11 Å². The molecule has 1 rings (SSSR count). The first kappa shape index (κ1) is 13.1. The molecule has 0 aliphatic rings. The quantitative estimate of drug-likeness (QED) is 0.852. The van der Waals surface area contributed by atoms with Crippen molar-refractivity contribution in [1.29, 1.82) is 0 Å². The fourth-order valence-electron chi connectivity index (χ4n) is 2.11. The molecular formula is C13H22N2O. The lowest BCUT2D eigenvalue weighted by Gasteiger charge is -2.24. The number of aromatic nitrogens is 2. The average molecular weight is 222 g/mol. The first-order valence-electron chi connectivity index (χ1n) is 5.82. The summed E-state index contributed by atoms with van der Waals surface area (Å²) in [6, 6.07) is 0. The summed E-state index contributed by atoms with van der Waals surface area (Å²) in [5.74, 6) is 0.483. The number of aliphatic hydroxyl groups is 1. The molecule has 0 spiro atoms. The fraction of sp³-hybridized carbons (Fsp3) is 0.692. The molecule has 1 heterocycles. The van der Waals surface area contributed by atoms with Crippen LogP contribution < -0.4 is 0 Å². The van der Waals surface area contributed by atoms with Crippen molar-refractivity contribution >= 4 is 0 Å². The molecule has 2 atom stereocenters. The monoisotopic (exact) mass is 222 g/mol. The average Bonchev–Trinajstić information content (AvgIpc) is 2.16. The van der Waals surface area contributed by atoms with Crippen molar-refractivity contribution in [2.24, 2.45) is 11.3 Å². The zero-order valence-corrected chi connectivity index (χ0v) is 10.6. The van der Waals surface area contributed by atoms with Gasteiger partial charge in [0.25, 0.3) is 0 Å². The smallest absolute Gasteiger partial charge is 0.0977 e. The van der Waals surface area contributed by atoms with E-state index in [0.717, 1.165) is 12.8 Å². The van der Waals surface area contributed by atoms with Gasteiger partial charge in [-0.3, -0.25) is 9.97 Å². The molecule has 0 aromatic carbocycles. The summed E-state index contributed by atoms with van der Waals surface area (Å²) in [6.45, 7) is 8.83. The van der Waals surface area contributed by atoms with Crippen molar-refractivity contribution in [3.8, 4) is 0 Å². The van der Waals surface area contributed by atoms with Crippen molar-refractivity contribution in [1.82, 2.24) is 9.97 Å². The number of hydrogen-bond donors (Lipinski definition) is 1. The lowest BCUT2D eigenvalue weighted by Crippen LogP contribution is -2.14. The van der Waals surface area contributed by atoms with Gasteiger partial charge in [-0.2, -0.15) is 0 Å². The van der Waals surface area contributed by atoms with Crippen LogP contribution in [0.1, 0.15) is 52.3 Å². The van der Waals surface area contributed by atoms with Crippen LogP contribution in [-0.2, 0) is 0 Å². The van der Waals surface area contributed by atoms with E-state index >= 15 is 0 Å². The minimum atomic E-state index is -0.494. The summed E-state index contributed by atoms with van der Waals surface area (Å²) < 4.78 is 0. The SMILES string of the molecule is CC(CC(O)c1cnccn1)CC(C)(C)C. The van der Waals surface area contributed by atoms with Gasteiger partial charge in [0, 0.05) is 12.4 Å². The van der Waals surface area contributed by atoms with Crippen LogP contribution in [0.3, 0.4) is 0 Å². The molecule has 0 aliphatic carbocycles. The van der Waals surface area contributed by atoms with E-state index in [2.05, 4.69) is 37.7 Å². The zero-order chi connectivity index (χ0) is 12.2. The van der Waals surface area contributed by atoms with Crippen LogP contribution in [0, 0.1) is 11.3 Å². The molecule has 0 amide bonds. The standard InChI is InChI=1S/C13H22N2O/c1-10(8-13(2,3)4)7-12(16)11-9-14-5-6-15-11/h5-6,9-10,12,16H,7-8H2,1-4H3. The third-order valence-electron chi connectivity index (χ3n) is 2.51. The van der Waals surface area contributed by atoms with Crippen LogP contribution in [0.5, 0.6) is 0 Å². The maximum atomic E-state index is 9.99. The van der Waals surface area contributed by atoms with Crippen molar-refractivity contribution in [2.45, 2.75) is 46.6 Å². The number of nitrogens with zero attached hydrogens (tertiary/aromatic N) is 2. The Labute approximate surface area is 97.9 Å². The summed E-state index contributed by atoms with van der Waals surface area (Å²) in [5.41, 5.74) is 0.977. The van der Waals surface area contributed by atoms with E-state index in [-0.39, 0.29) is 0 Å². The molecule has 0 saturated heterocycles. The fourth-order valence-corrected chi connectivity index (χ4v) is 2.11. The van der Waals surface area contributed by atoms with E-state index in [9.17, 15) is 5.11 Å². The first-order valence-corrected chi connectivity index (χ1v) is 5.82. The van der Waals surface area contributed by atoms with E-state index < -0.39 is 6.10 Å². The zero-order valence-electron chi connectivity index (χ0n) is 10.6. The van der Waals surface area contributed by atoms with Gasteiger partial charge in [0.1, 0.15) is 0 Å². The summed E-state index contributed by atoms with van der Waals surface area (Å²) in [6.07, 6.45) is 6.22. The molecule has 0 radical (unpaired) electrons. The normalized spacial score (nSPS) is 15.8. The predicted molar refractivity (Wildman–Crippen MR) is 64.8 cm³/mol. The summed E-state index contributed by atoms with van der Waals surface area (Å²) in [4.78, 5) is 8.08. The van der Waals surface area contributed by atoms with E-state index in [4.69, 9.17) is 0 Å². The Morgan fingerprint density at radius 2 is 2.00 bits per heavy atom. The van der Waals surface area contributed by atoms with Gasteiger partial charge in [-0.05, 0) is 24.2 Å². The summed E-state index contributed by atoms with van der Waals surface area (Å²) in [5, 5.41) is 9.99. The van der Waals surface area contributed by atoms with E-state index in [1.54, 1.807) is 18.6 Å². The Kier molecular flexibility index (Phi) is 4.42.